The first-order valence-corrected chi connectivity index (χ1v) is 6.59. The minimum atomic E-state index is -2.53. The van der Waals surface area contributed by atoms with Crippen molar-refractivity contribution in [1.82, 2.24) is 25.5 Å². The number of nitrogens with one attached hydrogen (secondary N) is 1. The Bertz CT molecular complexity index is 614. The van der Waals surface area contributed by atoms with Gasteiger partial charge in [-0.2, -0.15) is 5.21 Å². The molecule has 8 heteroatoms. The Labute approximate surface area is 119 Å². The standard InChI is InChI=1S/C13H13F2N5O/c14-11(15)8-3-5-9(6-4-8)13(21)20-7-1-2-10(20)12-16-18-19-17-12/h3-6,10-11H,1-2,7H2,(H,16,17,18,19). The Morgan fingerprint density at radius 1 is 1.33 bits per heavy atom. The molecule has 21 heavy (non-hydrogen) atoms. The van der Waals surface area contributed by atoms with Crippen molar-refractivity contribution in [1.29, 1.82) is 0 Å². The molecule has 110 valence electrons. The number of hydrogen-bond donors (Lipinski definition) is 1. The van der Waals surface area contributed by atoms with E-state index in [-0.39, 0.29) is 17.5 Å². The predicted octanol–water partition coefficient (Wildman–Crippen LogP) is 2.11. The van der Waals surface area contributed by atoms with E-state index in [2.05, 4.69) is 20.6 Å². The summed E-state index contributed by atoms with van der Waals surface area (Å²) >= 11 is 0. The molecule has 0 bridgehead atoms. The van der Waals surface area contributed by atoms with Crippen molar-refractivity contribution in [2.24, 2.45) is 0 Å². The highest BCUT2D eigenvalue weighted by Gasteiger charge is 2.33. The quantitative estimate of drug-likeness (QED) is 0.940. The molecule has 1 N–H and O–H groups in total. The molecule has 0 spiro atoms. The zero-order valence-electron chi connectivity index (χ0n) is 11.0. The van der Waals surface area contributed by atoms with Gasteiger partial charge in [0.15, 0.2) is 5.82 Å². The van der Waals surface area contributed by atoms with E-state index in [1.54, 1.807) is 4.90 Å². The van der Waals surface area contributed by atoms with Crippen molar-refractivity contribution < 1.29 is 13.6 Å². The third-order valence-electron chi connectivity index (χ3n) is 3.58. The lowest BCUT2D eigenvalue weighted by Crippen LogP contribution is -2.31. The van der Waals surface area contributed by atoms with Crippen LogP contribution in [-0.4, -0.2) is 38.0 Å². The molecule has 2 heterocycles. The van der Waals surface area contributed by atoms with E-state index in [4.69, 9.17) is 0 Å². The predicted molar refractivity (Wildman–Crippen MR) is 68.6 cm³/mol. The fourth-order valence-electron chi connectivity index (χ4n) is 2.53. The molecule has 6 nitrogen and oxygen atoms in total. The molecule has 1 aromatic carbocycles. The van der Waals surface area contributed by atoms with Crippen LogP contribution in [0.15, 0.2) is 24.3 Å². The van der Waals surface area contributed by atoms with Crippen LogP contribution in [0.5, 0.6) is 0 Å². The molecule has 1 saturated heterocycles. The zero-order chi connectivity index (χ0) is 14.8. The number of amides is 1. The van der Waals surface area contributed by atoms with Gasteiger partial charge in [-0.3, -0.25) is 4.79 Å². The van der Waals surface area contributed by atoms with E-state index in [1.165, 1.54) is 24.3 Å². The molecule has 1 atom stereocenters. The zero-order valence-corrected chi connectivity index (χ0v) is 11.0. The SMILES string of the molecule is O=C(c1ccc(C(F)F)cc1)N1CCCC1c1nn[nH]n1. The van der Waals surface area contributed by atoms with Gasteiger partial charge in [0.1, 0.15) is 0 Å². The minimum Gasteiger partial charge on any atom is -0.328 e. The molecule has 1 aliphatic heterocycles. The number of halogens is 2. The monoisotopic (exact) mass is 293 g/mol. The van der Waals surface area contributed by atoms with Gasteiger partial charge in [0.05, 0.1) is 6.04 Å². The van der Waals surface area contributed by atoms with Crippen LogP contribution in [0.1, 0.15) is 47.1 Å². The number of benzene rings is 1. The third kappa shape index (κ3) is 2.61. The second-order valence-corrected chi connectivity index (χ2v) is 4.85. The summed E-state index contributed by atoms with van der Waals surface area (Å²) in [5.41, 5.74) is 0.289. The van der Waals surface area contributed by atoms with Crippen molar-refractivity contribution in [3.8, 4) is 0 Å². The van der Waals surface area contributed by atoms with Gasteiger partial charge in [0, 0.05) is 17.7 Å². The number of hydrogen-bond acceptors (Lipinski definition) is 4. The molecular weight excluding hydrogens is 280 g/mol. The van der Waals surface area contributed by atoms with Crippen molar-refractivity contribution in [3.63, 3.8) is 0 Å². The summed E-state index contributed by atoms with van der Waals surface area (Å²) in [5, 5.41) is 13.7. The molecule has 0 saturated carbocycles. The second kappa shape index (κ2) is 5.55. The molecule has 1 fully saturated rings. The van der Waals surface area contributed by atoms with E-state index in [9.17, 15) is 13.6 Å². The number of alkyl halides is 2. The lowest BCUT2D eigenvalue weighted by Gasteiger charge is -2.22. The average Bonchev–Trinajstić information content (AvgIpc) is 3.17. The number of H-pyrrole nitrogens is 1. The summed E-state index contributed by atoms with van der Waals surface area (Å²) in [4.78, 5) is 14.1. The number of nitrogens with zero attached hydrogens (tertiary/aromatic N) is 4. The summed E-state index contributed by atoms with van der Waals surface area (Å²) in [7, 11) is 0. The number of rotatable bonds is 3. The van der Waals surface area contributed by atoms with Crippen LogP contribution in [0.4, 0.5) is 8.78 Å². The van der Waals surface area contributed by atoms with Gasteiger partial charge in [-0.25, -0.2) is 8.78 Å². The van der Waals surface area contributed by atoms with Gasteiger partial charge in [0.25, 0.3) is 12.3 Å². The Kier molecular flexibility index (Phi) is 3.59. The molecule has 1 amide bonds. The first-order chi connectivity index (χ1) is 10.2. The van der Waals surface area contributed by atoms with Crippen molar-refractivity contribution in [3.05, 3.63) is 41.2 Å². The van der Waals surface area contributed by atoms with E-state index < -0.39 is 6.43 Å². The van der Waals surface area contributed by atoms with E-state index >= 15 is 0 Å². The van der Waals surface area contributed by atoms with Crippen LogP contribution in [0.25, 0.3) is 0 Å². The highest BCUT2D eigenvalue weighted by Crippen LogP contribution is 2.31. The number of carbonyl (C=O) groups is 1. The van der Waals surface area contributed by atoms with Gasteiger partial charge in [-0.1, -0.05) is 17.3 Å². The van der Waals surface area contributed by atoms with Gasteiger partial charge in [0.2, 0.25) is 0 Å². The molecule has 1 aromatic heterocycles. The van der Waals surface area contributed by atoms with Crippen LogP contribution in [0, 0.1) is 0 Å². The van der Waals surface area contributed by atoms with Crippen molar-refractivity contribution in [2.45, 2.75) is 25.3 Å². The first kappa shape index (κ1) is 13.6. The number of aromatic nitrogens is 4. The summed E-state index contributed by atoms with van der Waals surface area (Å²) in [6.45, 7) is 0.592. The Balaban J connectivity index is 1.81. The number of tetrazole rings is 1. The van der Waals surface area contributed by atoms with Crippen LogP contribution in [0.3, 0.4) is 0 Å². The van der Waals surface area contributed by atoms with Crippen LogP contribution in [0.2, 0.25) is 0 Å². The highest BCUT2D eigenvalue weighted by atomic mass is 19.3. The minimum absolute atomic E-state index is 0.0947. The van der Waals surface area contributed by atoms with E-state index in [0.29, 0.717) is 17.9 Å². The molecule has 2 aromatic rings. The first-order valence-electron chi connectivity index (χ1n) is 6.59. The molecular formula is C13H13F2N5O. The van der Waals surface area contributed by atoms with Crippen molar-refractivity contribution >= 4 is 5.91 Å². The Hall–Kier alpha value is -2.38. The lowest BCUT2D eigenvalue weighted by atomic mass is 10.1. The number of carbonyl (C=O) groups excluding carboxylic acids is 1. The van der Waals surface area contributed by atoms with Gasteiger partial charge in [-0.15, -0.1) is 10.2 Å². The lowest BCUT2D eigenvalue weighted by molar-refractivity contribution is 0.0729. The smallest absolute Gasteiger partial charge is 0.263 e. The normalized spacial score (nSPS) is 18.4. The summed E-state index contributed by atoms with van der Waals surface area (Å²) in [6, 6.07) is 5.19. The van der Waals surface area contributed by atoms with Gasteiger partial charge >= 0.3 is 0 Å². The second-order valence-electron chi connectivity index (χ2n) is 4.85. The largest absolute Gasteiger partial charge is 0.328 e. The van der Waals surface area contributed by atoms with E-state index in [0.717, 1.165) is 12.8 Å². The average molecular weight is 293 g/mol. The summed E-state index contributed by atoms with van der Waals surface area (Å²) < 4.78 is 25.1. The fourth-order valence-corrected chi connectivity index (χ4v) is 2.53. The molecule has 3 rings (SSSR count). The van der Waals surface area contributed by atoms with Crippen LogP contribution in [-0.2, 0) is 0 Å². The topological polar surface area (TPSA) is 74.8 Å². The van der Waals surface area contributed by atoms with E-state index in [1.807, 2.05) is 0 Å². The fraction of sp³-hybridized carbons (Fsp3) is 0.385. The van der Waals surface area contributed by atoms with Crippen molar-refractivity contribution in [2.75, 3.05) is 6.54 Å². The molecule has 0 radical (unpaired) electrons. The third-order valence-corrected chi connectivity index (χ3v) is 3.58. The molecule has 0 aliphatic carbocycles. The summed E-state index contributed by atoms with van der Waals surface area (Å²) in [5.74, 6) is 0.271. The van der Waals surface area contributed by atoms with Crippen LogP contribution >= 0.6 is 0 Å². The maximum atomic E-state index is 12.5. The number of likely N-dealkylation sites (tertiary alicyclic amines) is 1. The number of aromatic amines is 1. The Morgan fingerprint density at radius 2 is 2.10 bits per heavy atom. The van der Waals surface area contributed by atoms with Gasteiger partial charge in [-0.05, 0) is 25.0 Å². The maximum absolute atomic E-state index is 12.5. The van der Waals surface area contributed by atoms with Gasteiger partial charge < -0.3 is 4.90 Å². The Morgan fingerprint density at radius 3 is 2.71 bits per heavy atom. The molecule has 1 unspecified atom stereocenters. The highest BCUT2D eigenvalue weighted by molar-refractivity contribution is 5.94. The molecule has 1 aliphatic rings. The van der Waals surface area contributed by atoms with Crippen LogP contribution < -0.4 is 0 Å². The maximum Gasteiger partial charge on any atom is 0.263 e. The summed E-state index contributed by atoms with van der Waals surface area (Å²) in [6.07, 6.45) is -0.923.